The maximum Gasteiger partial charge on any atom is 0.150 e. The van der Waals surface area contributed by atoms with Crippen molar-refractivity contribution in [2.24, 2.45) is 5.73 Å². The van der Waals surface area contributed by atoms with E-state index in [4.69, 9.17) is 10.5 Å². The van der Waals surface area contributed by atoms with Crippen LogP contribution in [0.3, 0.4) is 0 Å². The van der Waals surface area contributed by atoms with Crippen molar-refractivity contribution < 1.29 is 13.2 Å². The number of para-hydroxylation sites is 1. The number of nitrogens with two attached hydrogens (primary N) is 1. The van der Waals surface area contributed by atoms with Crippen LogP contribution >= 0.6 is 0 Å². The molecule has 2 N–H and O–H groups in total. The van der Waals surface area contributed by atoms with E-state index in [0.29, 0.717) is 5.75 Å². The van der Waals surface area contributed by atoms with Crippen molar-refractivity contribution in [3.05, 3.63) is 29.8 Å². The number of sulfone groups is 1. The Morgan fingerprint density at radius 3 is 2.59 bits per heavy atom. The van der Waals surface area contributed by atoms with Crippen LogP contribution in [-0.4, -0.2) is 33.1 Å². The molecule has 0 aliphatic heterocycles. The lowest BCUT2D eigenvalue weighted by Gasteiger charge is -2.12. The highest BCUT2D eigenvalue weighted by molar-refractivity contribution is 7.90. The maximum absolute atomic E-state index is 11.0. The van der Waals surface area contributed by atoms with Gasteiger partial charge in [0.1, 0.15) is 12.4 Å². The predicted molar refractivity (Wildman–Crippen MR) is 69.0 cm³/mol. The first-order valence-corrected chi connectivity index (χ1v) is 7.58. The molecule has 17 heavy (non-hydrogen) atoms. The molecule has 0 bridgehead atoms. The summed E-state index contributed by atoms with van der Waals surface area (Å²) in [4.78, 5) is 0. The van der Waals surface area contributed by atoms with Gasteiger partial charge in [0.2, 0.25) is 0 Å². The van der Waals surface area contributed by atoms with Gasteiger partial charge in [-0.1, -0.05) is 18.2 Å². The first kappa shape index (κ1) is 14.0. The molecule has 0 aromatic heterocycles. The lowest BCUT2D eigenvalue weighted by Crippen LogP contribution is -2.19. The van der Waals surface area contributed by atoms with Crippen molar-refractivity contribution in [1.29, 1.82) is 0 Å². The fourth-order valence-corrected chi connectivity index (χ4v) is 1.85. The lowest BCUT2D eigenvalue weighted by molar-refractivity contribution is 0.336. The Kier molecular flexibility index (Phi) is 4.96. The molecule has 1 aromatic carbocycles. The number of ether oxygens (including phenoxy) is 1. The molecule has 0 heterocycles. The molecule has 4 nitrogen and oxygen atoms in total. The zero-order chi connectivity index (χ0) is 12.9. The van der Waals surface area contributed by atoms with Crippen molar-refractivity contribution in [2.75, 3.05) is 18.6 Å². The average molecular weight is 257 g/mol. The molecule has 96 valence electrons. The van der Waals surface area contributed by atoms with Crippen LogP contribution in [0.4, 0.5) is 0 Å². The Labute approximate surface area is 103 Å². The van der Waals surface area contributed by atoms with E-state index in [-0.39, 0.29) is 18.4 Å². The minimum Gasteiger partial charge on any atom is -0.492 e. The third-order valence-electron chi connectivity index (χ3n) is 2.23. The van der Waals surface area contributed by atoms with Gasteiger partial charge in [0.25, 0.3) is 0 Å². The van der Waals surface area contributed by atoms with Crippen LogP contribution in [0.25, 0.3) is 0 Å². The molecule has 0 saturated heterocycles. The summed E-state index contributed by atoms with van der Waals surface area (Å²) in [5, 5.41) is 0. The molecule has 0 amide bonds. The van der Waals surface area contributed by atoms with Gasteiger partial charge in [-0.3, -0.25) is 0 Å². The van der Waals surface area contributed by atoms with Crippen LogP contribution in [0.15, 0.2) is 24.3 Å². The fourth-order valence-electron chi connectivity index (χ4n) is 1.46. The molecule has 1 atom stereocenters. The maximum atomic E-state index is 11.0. The third-order valence-corrected chi connectivity index (χ3v) is 3.13. The summed E-state index contributed by atoms with van der Waals surface area (Å²) in [6.45, 7) is 2.10. The second kappa shape index (κ2) is 6.02. The highest BCUT2D eigenvalue weighted by Gasteiger charge is 2.07. The Morgan fingerprint density at radius 2 is 2.00 bits per heavy atom. The van der Waals surface area contributed by atoms with E-state index in [1.165, 1.54) is 6.26 Å². The summed E-state index contributed by atoms with van der Waals surface area (Å²) in [5.41, 5.74) is 6.75. The van der Waals surface area contributed by atoms with E-state index in [1.54, 1.807) is 0 Å². The molecule has 1 aromatic rings. The van der Waals surface area contributed by atoms with E-state index < -0.39 is 9.84 Å². The van der Waals surface area contributed by atoms with Crippen molar-refractivity contribution in [1.82, 2.24) is 0 Å². The van der Waals surface area contributed by atoms with Gasteiger partial charge in [-0.25, -0.2) is 8.42 Å². The van der Waals surface area contributed by atoms with Gasteiger partial charge in [0.15, 0.2) is 9.84 Å². The van der Waals surface area contributed by atoms with Crippen LogP contribution in [0.5, 0.6) is 5.75 Å². The number of hydrogen-bond donors (Lipinski definition) is 1. The van der Waals surface area contributed by atoms with E-state index in [2.05, 4.69) is 0 Å². The Hall–Kier alpha value is -1.07. The second-order valence-corrected chi connectivity index (χ2v) is 6.53. The topological polar surface area (TPSA) is 69.4 Å². The van der Waals surface area contributed by atoms with Crippen molar-refractivity contribution in [3.8, 4) is 5.75 Å². The second-order valence-electron chi connectivity index (χ2n) is 4.27. The number of rotatable bonds is 6. The van der Waals surface area contributed by atoms with Crippen LogP contribution in [-0.2, 0) is 16.3 Å². The van der Waals surface area contributed by atoms with Crippen LogP contribution in [0.1, 0.15) is 12.5 Å². The molecule has 0 saturated carbocycles. The largest absolute Gasteiger partial charge is 0.492 e. The third kappa shape index (κ3) is 5.70. The quantitative estimate of drug-likeness (QED) is 0.825. The lowest BCUT2D eigenvalue weighted by atomic mass is 10.1. The fraction of sp³-hybridized carbons (Fsp3) is 0.500. The molecule has 0 radical (unpaired) electrons. The Balaban J connectivity index is 2.64. The van der Waals surface area contributed by atoms with Crippen molar-refractivity contribution >= 4 is 9.84 Å². The molecule has 0 spiro atoms. The van der Waals surface area contributed by atoms with Gasteiger partial charge in [-0.15, -0.1) is 0 Å². The van der Waals surface area contributed by atoms with Gasteiger partial charge >= 0.3 is 0 Å². The first-order valence-electron chi connectivity index (χ1n) is 5.52. The summed E-state index contributed by atoms with van der Waals surface area (Å²) in [6, 6.07) is 7.61. The van der Waals surface area contributed by atoms with Crippen LogP contribution < -0.4 is 10.5 Å². The SMILES string of the molecule is CC(N)Cc1ccccc1OCCS(C)(=O)=O. The predicted octanol–water partition coefficient (Wildman–Crippen LogP) is 1.000. The monoisotopic (exact) mass is 257 g/mol. The number of benzene rings is 1. The van der Waals surface area contributed by atoms with Crippen LogP contribution in [0, 0.1) is 0 Å². The van der Waals surface area contributed by atoms with Crippen LogP contribution in [0.2, 0.25) is 0 Å². The molecular formula is C12H19NO3S. The normalized spacial score (nSPS) is 13.4. The zero-order valence-electron chi connectivity index (χ0n) is 10.2. The molecule has 0 fully saturated rings. The van der Waals surface area contributed by atoms with Gasteiger partial charge in [0.05, 0.1) is 5.75 Å². The minimum atomic E-state index is -2.98. The van der Waals surface area contributed by atoms with E-state index >= 15 is 0 Å². The van der Waals surface area contributed by atoms with Crippen molar-refractivity contribution in [2.45, 2.75) is 19.4 Å². The highest BCUT2D eigenvalue weighted by Crippen LogP contribution is 2.19. The summed E-state index contributed by atoms with van der Waals surface area (Å²) in [5.74, 6) is 0.743. The number of hydrogen-bond acceptors (Lipinski definition) is 4. The molecular weight excluding hydrogens is 238 g/mol. The van der Waals surface area contributed by atoms with E-state index in [1.807, 2.05) is 31.2 Å². The molecule has 1 unspecified atom stereocenters. The van der Waals surface area contributed by atoms with E-state index in [0.717, 1.165) is 12.0 Å². The van der Waals surface area contributed by atoms with Gasteiger partial charge < -0.3 is 10.5 Å². The highest BCUT2D eigenvalue weighted by atomic mass is 32.2. The molecule has 5 heteroatoms. The molecule has 0 aliphatic rings. The summed E-state index contributed by atoms with van der Waals surface area (Å²) in [7, 11) is -2.98. The Morgan fingerprint density at radius 1 is 1.35 bits per heavy atom. The van der Waals surface area contributed by atoms with Gasteiger partial charge in [-0.05, 0) is 25.0 Å². The summed E-state index contributed by atoms with van der Waals surface area (Å²) in [6.07, 6.45) is 1.92. The van der Waals surface area contributed by atoms with E-state index in [9.17, 15) is 8.42 Å². The Bertz CT molecular complexity index is 455. The first-order chi connectivity index (χ1) is 7.88. The van der Waals surface area contributed by atoms with Gasteiger partial charge in [0, 0.05) is 12.3 Å². The standard InChI is InChI=1S/C12H19NO3S/c1-10(13)9-11-5-3-4-6-12(11)16-7-8-17(2,14)15/h3-6,10H,7-9,13H2,1-2H3. The van der Waals surface area contributed by atoms with Crippen molar-refractivity contribution in [3.63, 3.8) is 0 Å². The van der Waals surface area contributed by atoms with Gasteiger partial charge in [-0.2, -0.15) is 0 Å². The smallest absolute Gasteiger partial charge is 0.150 e. The summed E-state index contributed by atoms with van der Waals surface area (Å²) < 4.78 is 27.4. The average Bonchev–Trinajstić information content (AvgIpc) is 2.18. The minimum absolute atomic E-state index is 0.0273. The summed E-state index contributed by atoms with van der Waals surface area (Å²) >= 11 is 0. The molecule has 0 aliphatic carbocycles. The zero-order valence-corrected chi connectivity index (χ0v) is 11.0. The molecule has 1 rings (SSSR count).